The maximum Gasteiger partial charge on any atom is 0.411 e. The van der Waals surface area contributed by atoms with Gasteiger partial charge in [-0.2, -0.15) is 0 Å². The first-order valence-electron chi connectivity index (χ1n) is 5.33. The van der Waals surface area contributed by atoms with Gasteiger partial charge >= 0.3 is 6.09 Å². The average molecular weight is 225 g/mol. The lowest BCUT2D eigenvalue weighted by Crippen LogP contribution is -2.33. The molecule has 0 spiro atoms. The average Bonchev–Trinajstić information content (AvgIpc) is 2.78. The van der Waals surface area contributed by atoms with Crippen LogP contribution in [0, 0.1) is 11.3 Å². The molecule has 0 radical (unpaired) electrons. The molecule has 0 aliphatic heterocycles. The minimum absolute atomic E-state index is 0.0574. The Morgan fingerprint density at radius 1 is 1.50 bits per heavy atom. The molecule has 0 bridgehead atoms. The number of hydrogen-bond donors (Lipinski definition) is 3. The van der Waals surface area contributed by atoms with E-state index >= 15 is 0 Å². The second kappa shape index (κ2) is 4.55. The van der Waals surface area contributed by atoms with E-state index in [-0.39, 0.29) is 5.84 Å². The first-order chi connectivity index (χ1) is 7.28. The number of alkyl carbamates (subject to hydrolysis) is 1. The molecule has 0 heterocycles. The van der Waals surface area contributed by atoms with Gasteiger partial charge in [-0.15, -0.1) is 0 Å². The largest absolute Gasteiger partial charge is 0.444 e. The van der Waals surface area contributed by atoms with Crippen LogP contribution in [0.2, 0.25) is 0 Å². The van der Waals surface area contributed by atoms with Crippen LogP contribution in [0.4, 0.5) is 4.79 Å². The van der Waals surface area contributed by atoms with Crippen molar-refractivity contribution < 1.29 is 9.53 Å². The molecule has 0 saturated heterocycles. The van der Waals surface area contributed by atoms with Crippen LogP contribution in [0.15, 0.2) is 11.8 Å². The van der Waals surface area contributed by atoms with Gasteiger partial charge in [0.2, 0.25) is 0 Å². The van der Waals surface area contributed by atoms with Crippen LogP contribution in [-0.4, -0.2) is 17.5 Å². The number of carbonyl (C=O) groups is 1. The molecule has 1 amide bonds. The maximum atomic E-state index is 11.5. The number of nitrogens with two attached hydrogens (primary N) is 1. The Balaban J connectivity index is 2.56. The summed E-state index contributed by atoms with van der Waals surface area (Å²) in [5.41, 5.74) is 5.44. The van der Waals surface area contributed by atoms with Crippen molar-refractivity contribution >= 4 is 11.9 Å². The number of nitrogens with one attached hydrogen (secondary N) is 2. The van der Waals surface area contributed by atoms with Crippen LogP contribution in [0.3, 0.4) is 0 Å². The number of allylic oxidation sites excluding steroid dienone is 1. The van der Waals surface area contributed by atoms with Crippen molar-refractivity contribution in [3.63, 3.8) is 0 Å². The highest BCUT2D eigenvalue weighted by molar-refractivity contribution is 5.90. The normalized spacial score (nSPS) is 16.8. The van der Waals surface area contributed by atoms with E-state index in [1.54, 1.807) is 20.8 Å². The Kier molecular flexibility index (Phi) is 3.57. The highest BCUT2D eigenvalue weighted by Gasteiger charge is 2.28. The van der Waals surface area contributed by atoms with Crippen molar-refractivity contribution in [1.82, 2.24) is 5.32 Å². The SMILES string of the molecule is CC(C)(C)OC(=O)N/C(=C\C(=N)N)C1CC1. The predicted molar refractivity (Wildman–Crippen MR) is 62.1 cm³/mol. The van der Waals surface area contributed by atoms with Gasteiger partial charge < -0.3 is 10.5 Å². The lowest BCUT2D eigenvalue weighted by Gasteiger charge is -2.20. The van der Waals surface area contributed by atoms with Crippen LogP contribution in [0.25, 0.3) is 0 Å². The summed E-state index contributed by atoms with van der Waals surface area (Å²) < 4.78 is 5.13. The molecule has 16 heavy (non-hydrogen) atoms. The first kappa shape index (κ1) is 12.5. The lowest BCUT2D eigenvalue weighted by atomic mass is 10.2. The summed E-state index contributed by atoms with van der Waals surface area (Å²) in [7, 11) is 0. The number of rotatable bonds is 3. The van der Waals surface area contributed by atoms with Gasteiger partial charge in [0.15, 0.2) is 0 Å². The van der Waals surface area contributed by atoms with Crippen LogP contribution in [-0.2, 0) is 4.74 Å². The van der Waals surface area contributed by atoms with Gasteiger partial charge in [-0.25, -0.2) is 4.79 Å². The van der Waals surface area contributed by atoms with Crippen molar-refractivity contribution in [3.8, 4) is 0 Å². The molecule has 0 unspecified atom stereocenters. The van der Waals surface area contributed by atoms with Crippen LogP contribution >= 0.6 is 0 Å². The smallest absolute Gasteiger partial charge is 0.411 e. The number of amides is 1. The number of ether oxygens (including phenoxy) is 1. The molecule has 5 nitrogen and oxygen atoms in total. The Hall–Kier alpha value is -1.52. The fraction of sp³-hybridized carbons (Fsp3) is 0.636. The zero-order valence-electron chi connectivity index (χ0n) is 9.96. The van der Waals surface area contributed by atoms with Crippen LogP contribution < -0.4 is 11.1 Å². The summed E-state index contributed by atoms with van der Waals surface area (Å²) >= 11 is 0. The number of carbonyl (C=O) groups excluding carboxylic acids is 1. The van der Waals surface area contributed by atoms with Crippen molar-refractivity contribution in [2.45, 2.75) is 39.2 Å². The summed E-state index contributed by atoms with van der Waals surface area (Å²) in [5.74, 6) is 0.259. The van der Waals surface area contributed by atoms with E-state index < -0.39 is 11.7 Å². The quantitative estimate of drug-likeness (QED) is 0.505. The van der Waals surface area contributed by atoms with E-state index in [0.29, 0.717) is 11.6 Å². The van der Waals surface area contributed by atoms with Crippen LogP contribution in [0.1, 0.15) is 33.6 Å². The van der Waals surface area contributed by atoms with Gasteiger partial charge in [-0.05, 0) is 45.6 Å². The van der Waals surface area contributed by atoms with Gasteiger partial charge in [0.1, 0.15) is 11.4 Å². The maximum absolute atomic E-state index is 11.5. The minimum Gasteiger partial charge on any atom is -0.444 e. The standard InChI is InChI=1S/C11H19N3O2/c1-11(2,3)16-10(15)14-8(6-9(12)13)7-4-5-7/h6-7H,4-5H2,1-3H3,(H3,12,13)(H,14,15)/b8-6-. The Morgan fingerprint density at radius 2 is 2.06 bits per heavy atom. The summed E-state index contributed by atoms with van der Waals surface area (Å²) in [5, 5.41) is 9.83. The molecule has 5 heteroatoms. The third-order valence-corrected chi connectivity index (χ3v) is 1.97. The molecule has 1 rings (SSSR count). The molecule has 1 aliphatic carbocycles. The second-order valence-electron chi connectivity index (χ2n) is 4.96. The Bertz CT molecular complexity index is 325. The molecule has 0 aromatic heterocycles. The molecule has 0 aromatic carbocycles. The molecule has 1 saturated carbocycles. The van der Waals surface area contributed by atoms with Gasteiger partial charge in [-0.1, -0.05) is 0 Å². The van der Waals surface area contributed by atoms with E-state index in [1.807, 2.05) is 0 Å². The monoisotopic (exact) mass is 225 g/mol. The van der Waals surface area contributed by atoms with Crippen molar-refractivity contribution in [2.24, 2.45) is 11.7 Å². The fourth-order valence-corrected chi connectivity index (χ4v) is 1.24. The number of hydrogen-bond acceptors (Lipinski definition) is 3. The van der Waals surface area contributed by atoms with Gasteiger partial charge in [0, 0.05) is 5.70 Å². The van der Waals surface area contributed by atoms with E-state index in [2.05, 4.69) is 5.32 Å². The van der Waals surface area contributed by atoms with E-state index in [9.17, 15) is 4.79 Å². The van der Waals surface area contributed by atoms with E-state index in [1.165, 1.54) is 6.08 Å². The fourth-order valence-electron chi connectivity index (χ4n) is 1.24. The van der Waals surface area contributed by atoms with E-state index in [0.717, 1.165) is 12.8 Å². The minimum atomic E-state index is -0.519. The molecular formula is C11H19N3O2. The first-order valence-corrected chi connectivity index (χ1v) is 5.33. The third-order valence-electron chi connectivity index (χ3n) is 1.97. The zero-order valence-corrected chi connectivity index (χ0v) is 9.96. The molecule has 1 fully saturated rings. The molecule has 0 aromatic rings. The topological polar surface area (TPSA) is 88.2 Å². The van der Waals surface area contributed by atoms with Crippen molar-refractivity contribution in [3.05, 3.63) is 11.8 Å². The van der Waals surface area contributed by atoms with Gasteiger partial charge in [0.25, 0.3) is 0 Å². The molecule has 90 valence electrons. The lowest BCUT2D eigenvalue weighted by molar-refractivity contribution is 0.0543. The van der Waals surface area contributed by atoms with Crippen LogP contribution in [0.5, 0.6) is 0 Å². The van der Waals surface area contributed by atoms with Gasteiger partial charge in [0.05, 0.1) is 0 Å². The molecule has 4 N–H and O–H groups in total. The Morgan fingerprint density at radius 3 is 2.44 bits per heavy atom. The Labute approximate surface area is 95.5 Å². The summed E-state index contributed by atoms with van der Waals surface area (Å²) in [6.45, 7) is 5.41. The molecule has 1 aliphatic rings. The highest BCUT2D eigenvalue weighted by atomic mass is 16.6. The second-order valence-corrected chi connectivity index (χ2v) is 4.96. The predicted octanol–water partition coefficient (Wildman–Crippen LogP) is 1.74. The third kappa shape index (κ3) is 4.82. The zero-order chi connectivity index (χ0) is 12.3. The molecule has 0 atom stereocenters. The summed E-state index contributed by atoms with van der Waals surface area (Å²) in [6.07, 6.45) is 3.03. The molecular weight excluding hydrogens is 206 g/mol. The van der Waals surface area contributed by atoms with Crippen molar-refractivity contribution in [1.29, 1.82) is 5.41 Å². The highest BCUT2D eigenvalue weighted by Crippen LogP contribution is 2.35. The number of amidine groups is 1. The summed E-state index contributed by atoms with van der Waals surface area (Å²) in [6, 6.07) is 0. The van der Waals surface area contributed by atoms with E-state index in [4.69, 9.17) is 15.9 Å². The van der Waals surface area contributed by atoms with Crippen molar-refractivity contribution in [2.75, 3.05) is 0 Å². The van der Waals surface area contributed by atoms with Gasteiger partial charge in [-0.3, -0.25) is 10.7 Å². The summed E-state index contributed by atoms with van der Waals surface area (Å²) in [4.78, 5) is 11.5.